The third-order valence-electron chi connectivity index (χ3n) is 5.20. The first-order chi connectivity index (χ1) is 14.8. The van der Waals surface area contributed by atoms with Crippen molar-refractivity contribution in [3.8, 4) is 0 Å². The van der Waals surface area contributed by atoms with Gasteiger partial charge in [0.25, 0.3) is 11.8 Å². The van der Waals surface area contributed by atoms with Gasteiger partial charge in [-0.1, -0.05) is 18.2 Å². The van der Waals surface area contributed by atoms with Gasteiger partial charge in [0.05, 0.1) is 25.8 Å². The molecule has 2 aromatic rings. The van der Waals surface area contributed by atoms with Crippen molar-refractivity contribution < 1.29 is 24.2 Å². The maximum Gasteiger partial charge on any atom is 0.337 e. The van der Waals surface area contributed by atoms with Crippen LogP contribution in [0.5, 0.6) is 0 Å². The molecule has 8 nitrogen and oxygen atoms in total. The number of hydrogen-bond acceptors (Lipinski definition) is 6. The Morgan fingerprint density at radius 3 is 2.61 bits per heavy atom. The van der Waals surface area contributed by atoms with Crippen LogP contribution >= 0.6 is 0 Å². The lowest BCUT2D eigenvalue weighted by molar-refractivity contribution is -0.136. The Hall–Kier alpha value is -3.65. The third-order valence-corrected chi connectivity index (χ3v) is 5.20. The Labute approximate surface area is 180 Å². The summed E-state index contributed by atoms with van der Waals surface area (Å²) in [7, 11) is 1.24. The van der Waals surface area contributed by atoms with Crippen LogP contribution in [-0.4, -0.2) is 54.6 Å². The number of anilines is 2. The Balaban J connectivity index is 1.83. The van der Waals surface area contributed by atoms with Crippen LogP contribution in [0.2, 0.25) is 0 Å². The topological polar surface area (TPSA) is 108 Å². The molecule has 1 heterocycles. The summed E-state index contributed by atoms with van der Waals surface area (Å²) in [4.78, 5) is 38.9. The molecule has 0 aromatic heterocycles. The maximum absolute atomic E-state index is 12.8. The standard InChI is InChI=1S/C23H25N3O5/c1-14-6-4-9-19(15(14)2)25-21(28)16-7-5-8-17(12-16)24-20-18(23(30)31-3)13-26(10-11-27)22(20)29/h4-9,12,24,27H,10-11,13H2,1-3H3,(H,25,28). The number of nitrogens with one attached hydrogen (secondary N) is 2. The second kappa shape index (κ2) is 9.44. The number of ether oxygens (including phenoxy) is 1. The Morgan fingerprint density at radius 1 is 1.16 bits per heavy atom. The molecule has 2 aromatic carbocycles. The van der Waals surface area contributed by atoms with Gasteiger partial charge < -0.3 is 25.4 Å². The number of benzene rings is 2. The number of β-amino-alcohol motifs (C(OH)–C–C–N with tert-alkyl or cyclic N) is 1. The molecule has 2 amide bonds. The molecular weight excluding hydrogens is 398 g/mol. The van der Waals surface area contributed by atoms with Gasteiger partial charge in [-0.05, 0) is 49.2 Å². The van der Waals surface area contributed by atoms with Crippen LogP contribution in [-0.2, 0) is 14.3 Å². The Bertz CT molecular complexity index is 1060. The molecule has 0 aliphatic carbocycles. The number of carbonyl (C=O) groups is 3. The van der Waals surface area contributed by atoms with E-state index in [9.17, 15) is 14.4 Å². The van der Waals surface area contributed by atoms with E-state index in [0.717, 1.165) is 16.8 Å². The van der Waals surface area contributed by atoms with E-state index in [1.54, 1.807) is 24.3 Å². The van der Waals surface area contributed by atoms with Crippen molar-refractivity contribution in [2.24, 2.45) is 0 Å². The summed E-state index contributed by atoms with van der Waals surface area (Å²) >= 11 is 0. The first-order valence-electron chi connectivity index (χ1n) is 9.82. The molecular formula is C23H25N3O5. The predicted octanol–water partition coefficient (Wildman–Crippen LogP) is 2.23. The number of hydrogen-bond donors (Lipinski definition) is 3. The van der Waals surface area contributed by atoms with E-state index in [-0.39, 0.29) is 36.9 Å². The van der Waals surface area contributed by atoms with E-state index in [4.69, 9.17) is 9.84 Å². The summed E-state index contributed by atoms with van der Waals surface area (Å²) in [5.74, 6) is -1.33. The van der Waals surface area contributed by atoms with Crippen molar-refractivity contribution in [1.82, 2.24) is 4.90 Å². The molecule has 0 radical (unpaired) electrons. The SMILES string of the molecule is COC(=O)C1=C(Nc2cccc(C(=O)Nc3cccc(C)c3C)c2)C(=O)N(CCO)C1. The van der Waals surface area contributed by atoms with Crippen LogP contribution < -0.4 is 10.6 Å². The lowest BCUT2D eigenvalue weighted by atomic mass is 10.1. The quantitative estimate of drug-likeness (QED) is 0.590. The van der Waals surface area contributed by atoms with Crippen LogP contribution in [0.4, 0.5) is 11.4 Å². The van der Waals surface area contributed by atoms with Gasteiger partial charge in [0, 0.05) is 23.5 Å². The monoisotopic (exact) mass is 423 g/mol. The minimum absolute atomic E-state index is 0.0429. The molecule has 8 heteroatoms. The number of amides is 2. The lowest BCUT2D eigenvalue weighted by Crippen LogP contribution is -2.31. The van der Waals surface area contributed by atoms with Gasteiger partial charge in [-0.2, -0.15) is 0 Å². The number of aryl methyl sites for hydroxylation is 1. The summed E-state index contributed by atoms with van der Waals surface area (Å²) in [6, 6.07) is 12.3. The van der Waals surface area contributed by atoms with Gasteiger partial charge in [0.1, 0.15) is 5.70 Å². The summed E-state index contributed by atoms with van der Waals surface area (Å²) < 4.78 is 4.78. The summed E-state index contributed by atoms with van der Waals surface area (Å²) in [5.41, 5.74) is 3.90. The highest BCUT2D eigenvalue weighted by atomic mass is 16.5. The van der Waals surface area contributed by atoms with E-state index >= 15 is 0 Å². The second-order valence-corrected chi connectivity index (χ2v) is 7.20. The van der Waals surface area contributed by atoms with E-state index < -0.39 is 11.9 Å². The smallest absolute Gasteiger partial charge is 0.337 e. The van der Waals surface area contributed by atoms with Gasteiger partial charge in [0.15, 0.2) is 0 Å². The number of aliphatic hydroxyl groups excluding tert-OH is 1. The number of carbonyl (C=O) groups excluding carboxylic acids is 3. The molecule has 0 spiro atoms. The summed E-state index contributed by atoms with van der Waals surface area (Å²) in [6.45, 7) is 3.83. The second-order valence-electron chi connectivity index (χ2n) is 7.20. The van der Waals surface area contributed by atoms with Crippen molar-refractivity contribution in [2.75, 3.05) is 37.4 Å². The highest BCUT2D eigenvalue weighted by Gasteiger charge is 2.34. The van der Waals surface area contributed by atoms with Gasteiger partial charge in [0.2, 0.25) is 0 Å². The van der Waals surface area contributed by atoms with Gasteiger partial charge in [-0.25, -0.2) is 4.79 Å². The van der Waals surface area contributed by atoms with Crippen LogP contribution in [0.1, 0.15) is 21.5 Å². The lowest BCUT2D eigenvalue weighted by Gasteiger charge is -2.15. The summed E-state index contributed by atoms with van der Waals surface area (Å²) in [6.07, 6.45) is 0. The maximum atomic E-state index is 12.8. The fourth-order valence-corrected chi connectivity index (χ4v) is 3.31. The molecule has 0 fully saturated rings. The van der Waals surface area contributed by atoms with Crippen molar-refractivity contribution in [2.45, 2.75) is 13.8 Å². The van der Waals surface area contributed by atoms with Crippen molar-refractivity contribution in [1.29, 1.82) is 0 Å². The Kier molecular flexibility index (Phi) is 6.71. The average Bonchev–Trinajstić information content (AvgIpc) is 3.06. The molecule has 3 rings (SSSR count). The molecule has 31 heavy (non-hydrogen) atoms. The minimum atomic E-state index is -0.625. The molecule has 1 aliphatic heterocycles. The van der Waals surface area contributed by atoms with Crippen molar-refractivity contribution in [3.05, 3.63) is 70.4 Å². The average molecular weight is 423 g/mol. The zero-order valence-corrected chi connectivity index (χ0v) is 17.7. The fraction of sp³-hybridized carbons (Fsp3) is 0.261. The molecule has 0 saturated carbocycles. The zero-order valence-electron chi connectivity index (χ0n) is 17.7. The molecule has 0 bridgehead atoms. The van der Waals surface area contributed by atoms with E-state index in [0.29, 0.717) is 11.3 Å². The molecule has 0 unspecified atom stereocenters. The van der Waals surface area contributed by atoms with E-state index in [2.05, 4.69) is 10.6 Å². The Morgan fingerprint density at radius 2 is 1.90 bits per heavy atom. The van der Waals surface area contributed by atoms with Crippen LogP contribution in [0, 0.1) is 13.8 Å². The number of rotatable bonds is 7. The predicted molar refractivity (Wildman–Crippen MR) is 117 cm³/mol. The molecule has 3 N–H and O–H groups in total. The van der Waals surface area contributed by atoms with Crippen molar-refractivity contribution in [3.63, 3.8) is 0 Å². The fourth-order valence-electron chi connectivity index (χ4n) is 3.31. The first kappa shape index (κ1) is 22.0. The van der Waals surface area contributed by atoms with E-state index in [1.165, 1.54) is 12.0 Å². The summed E-state index contributed by atoms with van der Waals surface area (Å²) in [5, 5.41) is 15.0. The normalized spacial score (nSPS) is 13.4. The molecule has 1 aliphatic rings. The third kappa shape index (κ3) is 4.75. The highest BCUT2D eigenvalue weighted by molar-refractivity contribution is 6.09. The number of methoxy groups -OCH3 is 1. The van der Waals surface area contributed by atoms with Crippen molar-refractivity contribution >= 4 is 29.2 Å². The number of aliphatic hydroxyl groups is 1. The van der Waals surface area contributed by atoms with Gasteiger partial charge in [-0.3, -0.25) is 9.59 Å². The largest absolute Gasteiger partial charge is 0.466 e. The van der Waals surface area contributed by atoms with Gasteiger partial charge in [-0.15, -0.1) is 0 Å². The minimum Gasteiger partial charge on any atom is -0.466 e. The van der Waals surface area contributed by atoms with Gasteiger partial charge >= 0.3 is 5.97 Å². The van der Waals surface area contributed by atoms with Crippen LogP contribution in [0.25, 0.3) is 0 Å². The van der Waals surface area contributed by atoms with Crippen LogP contribution in [0.15, 0.2) is 53.7 Å². The highest BCUT2D eigenvalue weighted by Crippen LogP contribution is 2.24. The zero-order chi connectivity index (χ0) is 22.5. The first-order valence-corrected chi connectivity index (χ1v) is 9.82. The number of nitrogens with zero attached hydrogens (tertiary/aromatic N) is 1. The molecule has 0 saturated heterocycles. The van der Waals surface area contributed by atoms with Crippen LogP contribution in [0.3, 0.4) is 0 Å². The molecule has 162 valence electrons. The molecule has 0 atom stereocenters. The van der Waals surface area contributed by atoms with E-state index in [1.807, 2.05) is 32.0 Å². The number of esters is 1.